The van der Waals surface area contributed by atoms with E-state index >= 15 is 0 Å². The summed E-state index contributed by atoms with van der Waals surface area (Å²) in [6.07, 6.45) is 0. The Morgan fingerprint density at radius 3 is 2.36 bits per heavy atom. The summed E-state index contributed by atoms with van der Waals surface area (Å²) in [7, 11) is 0.480. The van der Waals surface area contributed by atoms with Gasteiger partial charge in [0.2, 0.25) is 0 Å². The third-order valence-electron chi connectivity index (χ3n) is 1.37. The predicted octanol–water partition coefficient (Wildman–Crippen LogP) is 0.929. The summed E-state index contributed by atoms with van der Waals surface area (Å²) in [5, 5.41) is 0. The van der Waals surface area contributed by atoms with Gasteiger partial charge in [-0.1, -0.05) is 34.9 Å². The fourth-order valence-corrected chi connectivity index (χ4v) is 0.834. The lowest BCUT2D eigenvalue weighted by molar-refractivity contribution is -0.0310. The normalized spacial score (nSPS) is 9.64. The Morgan fingerprint density at radius 2 is 1.91 bits per heavy atom. The van der Waals surface area contributed by atoms with Crippen molar-refractivity contribution in [2.75, 3.05) is 7.11 Å². The van der Waals surface area contributed by atoms with E-state index in [4.69, 9.17) is 0 Å². The summed E-state index contributed by atoms with van der Waals surface area (Å²) >= 11 is 0. The van der Waals surface area contributed by atoms with Crippen molar-refractivity contribution in [1.82, 2.24) is 0 Å². The fourth-order valence-electron chi connectivity index (χ4n) is 0.834. The molecule has 1 aromatic rings. The average molecular weight is 154 g/mol. The minimum Gasteiger partial charge on any atom is -0.408 e. The Kier molecular flexibility index (Phi) is 3.07. The van der Waals surface area contributed by atoms with Gasteiger partial charge in [-0.25, -0.2) is 4.86 Å². The molecule has 11 heavy (non-hydrogen) atoms. The summed E-state index contributed by atoms with van der Waals surface area (Å²) in [6.45, 7) is 0. The lowest BCUT2D eigenvalue weighted by Gasteiger charge is -2.03. The second-order valence-electron chi connectivity index (χ2n) is 2.07. The van der Waals surface area contributed by atoms with Crippen LogP contribution in [0.15, 0.2) is 30.3 Å². The van der Waals surface area contributed by atoms with Gasteiger partial charge >= 0.3 is 7.12 Å². The van der Waals surface area contributed by atoms with E-state index in [0.29, 0.717) is 5.46 Å². The van der Waals surface area contributed by atoms with Crippen LogP contribution in [0.25, 0.3) is 0 Å². The van der Waals surface area contributed by atoms with Gasteiger partial charge in [0, 0.05) is 7.11 Å². The Bertz CT molecular complexity index is 201. The van der Waals surface area contributed by atoms with E-state index in [0.717, 1.165) is 0 Å². The highest BCUT2D eigenvalue weighted by Gasteiger charge is 2.19. The van der Waals surface area contributed by atoms with Crippen LogP contribution in [0.2, 0.25) is 0 Å². The van der Waals surface area contributed by atoms with Crippen LogP contribution >= 0.6 is 0 Å². The van der Waals surface area contributed by atoms with Gasteiger partial charge < -0.3 is 4.65 Å². The van der Waals surface area contributed by atoms with Crippen LogP contribution in [-0.4, -0.2) is 14.2 Å². The molecule has 58 valence electrons. The molecule has 0 amide bonds. The van der Waals surface area contributed by atoms with Gasteiger partial charge in [-0.05, 0) is 5.46 Å². The zero-order valence-electron chi connectivity index (χ0n) is 6.16. The minimum absolute atomic E-state index is 0.664. The largest absolute Gasteiger partial charge is 0.532 e. The summed E-state index contributed by atoms with van der Waals surface area (Å²) in [4.78, 5) is 3.56. The molecule has 0 aliphatic carbocycles. The highest BCUT2D eigenvalue weighted by molar-refractivity contribution is 6.60. The van der Waals surface area contributed by atoms with Gasteiger partial charge in [0.15, 0.2) is 0 Å². The Morgan fingerprint density at radius 1 is 1.27 bits per heavy atom. The van der Waals surface area contributed by atoms with E-state index in [1.165, 1.54) is 7.11 Å². The van der Waals surface area contributed by atoms with Crippen molar-refractivity contribution in [1.29, 1.82) is 0 Å². The summed E-state index contributed by atoms with van der Waals surface area (Å²) in [5.74, 6) is 0. The van der Waals surface area contributed by atoms with Crippen molar-refractivity contribution in [2.24, 2.45) is 0 Å². The smallest absolute Gasteiger partial charge is 0.408 e. The first kappa shape index (κ1) is 8.23. The van der Waals surface area contributed by atoms with E-state index in [9.17, 15) is 4.53 Å². The third kappa shape index (κ3) is 2.03. The molecule has 0 N–H and O–H groups in total. The van der Waals surface area contributed by atoms with E-state index < -0.39 is 7.12 Å². The second kappa shape index (κ2) is 4.11. The van der Waals surface area contributed by atoms with Crippen LogP contribution in [0.1, 0.15) is 0 Å². The van der Waals surface area contributed by atoms with Crippen molar-refractivity contribution in [3.63, 3.8) is 0 Å². The zero-order chi connectivity index (χ0) is 8.10. The first-order valence-corrected chi connectivity index (χ1v) is 3.23. The standard InChI is InChI=1S/C7H8BFO2/c1-10-8(11-9)7-5-3-2-4-6-7/h2-6H,1H3. The SMILES string of the molecule is COB(OF)c1ccccc1. The molecule has 0 spiro atoms. The van der Waals surface area contributed by atoms with Crippen molar-refractivity contribution in [2.45, 2.75) is 0 Å². The Balaban J connectivity index is 2.74. The minimum atomic E-state index is -0.906. The molecule has 0 heterocycles. The van der Waals surface area contributed by atoms with Crippen molar-refractivity contribution in [3.05, 3.63) is 30.3 Å². The monoisotopic (exact) mass is 154 g/mol. The summed E-state index contributed by atoms with van der Waals surface area (Å²) in [6, 6.07) is 8.89. The van der Waals surface area contributed by atoms with Gasteiger partial charge in [0.1, 0.15) is 0 Å². The fraction of sp³-hybridized carbons (Fsp3) is 0.143. The molecular formula is C7H8BFO2. The van der Waals surface area contributed by atoms with E-state index in [-0.39, 0.29) is 0 Å². The van der Waals surface area contributed by atoms with Gasteiger partial charge in [-0.3, -0.25) is 0 Å². The molecule has 2 nitrogen and oxygen atoms in total. The van der Waals surface area contributed by atoms with Crippen molar-refractivity contribution < 1.29 is 14.0 Å². The van der Waals surface area contributed by atoms with Crippen LogP contribution in [0.3, 0.4) is 0 Å². The number of halogens is 1. The molecule has 0 bridgehead atoms. The number of hydrogen-bond acceptors (Lipinski definition) is 2. The van der Waals surface area contributed by atoms with Crippen LogP contribution in [0.5, 0.6) is 0 Å². The Hall–Kier alpha value is -0.865. The number of benzene rings is 1. The van der Waals surface area contributed by atoms with Gasteiger partial charge in [0.05, 0.1) is 0 Å². The summed E-state index contributed by atoms with van der Waals surface area (Å²) in [5.41, 5.74) is 0.664. The molecule has 0 aliphatic heterocycles. The molecule has 4 heteroatoms. The Labute approximate surface area is 65.0 Å². The number of hydrogen-bond donors (Lipinski definition) is 0. The van der Waals surface area contributed by atoms with Gasteiger partial charge in [-0.2, -0.15) is 0 Å². The van der Waals surface area contributed by atoms with Crippen molar-refractivity contribution >= 4 is 12.6 Å². The maximum atomic E-state index is 11.7. The maximum Gasteiger partial charge on any atom is 0.532 e. The molecule has 0 saturated heterocycles. The quantitative estimate of drug-likeness (QED) is 0.602. The molecule has 0 fully saturated rings. The maximum absolute atomic E-state index is 11.7. The second-order valence-corrected chi connectivity index (χ2v) is 2.07. The molecule has 1 aromatic carbocycles. The predicted molar refractivity (Wildman–Crippen MR) is 41.0 cm³/mol. The summed E-state index contributed by atoms with van der Waals surface area (Å²) < 4.78 is 16.4. The first-order valence-electron chi connectivity index (χ1n) is 3.23. The van der Waals surface area contributed by atoms with E-state index in [1.807, 2.05) is 6.07 Å². The molecule has 0 aliphatic rings. The molecule has 0 radical (unpaired) electrons. The van der Waals surface area contributed by atoms with Gasteiger partial charge in [0.25, 0.3) is 0 Å². The topological polar surface area (TPSA) is 18.5 Å². The first-order chi connectivity index (χ1) is 5.38. The molecule has 0 aromatic heterocycles. The molecule has 0 saturated carbocycles. The third-order valence-corrected chi connectivity index (χ3v) is 1.37. The molecule has 0 unspecified atom stereocenters. The van der Waals surface area contributed by atoms with Crippen LogP contribution in [-0.2, 0) is 9.51 Å². The zero-order valence-corrected chi connectivity index (χ0v) is 6.16. The van der Waals surface area contributed by atoms with E-state index in [2.05, 4.69) is 9.51 Å². The number of rotatable bonds is 3. The molecule has 1 rings (SSSR count). The molecular weight excluding hydrogens is 146 g/mol. The van der Waals surface area contributed by atoms with Gasteiger partial charge in [-0.15, -0.1) is 0 Å². The van der Waals surface area contributed by atoms with Crippen molar-refractivity contribution in [3.8, 4) is 0 Å². The lowest BCUT2D eigenvalue weighted by Crippen LogP contribution is -2.33. The molecule has 0 atom stereocenters. The highest BCUT2D eigenvalue weighted by Crippen LogP contribution is 1.91. The highest BCUT2D eigenvalue weighted by atomic mass is 19.3. The lowest BCUT2D eigenvalue weighted by atomic mass is 9.80. The average Bonchev–Trinajstić information content (AvgIpc) is 2.09. The van der Waals surface area contributed by atoms with E-state index in [1.54, 1.807) is 24.3 Å². The van der Waals surface area contributed by atoms with Crippen LogP contribution in [0.4, 0.5) is 4.53 Å². The van der Waals surface area contributed by atoms with Crippen LogP contribution < -0.4 is 5.46 Å². The van der Waals surface area contributed by atoms with Crippen LogP contribution in [0, 0.1) is 0 Å².